The van der Waals surface area contributed by atoms with Crippen LogP contribution in [-0.4, -0.2) is 48.3 Å². The topological polar surface area (TPSA) is 105 Å². The number of hydrogen-bond acceptors (Lipinski definition) is 8. The molecule has 0 heterocycles. The molecule has 0 aromatic carbocycles. The third-order valence-corrected chi connectivity index (χ3v) is 3.18. The van der Waals surface area contributed by atoms with Crippen molar-refractivity contribution in [3.05, 3.63) is 12.2 Å². The molecule has 0 saturated carbocycles. The Hall–Kier alpha value is -2.38. The zero-order valence-corrected chi connectivity index (χ0v) is 18.6. The van der Waals surface area contributed by atoms with Crippen molar-refractivity contribution < 1.29 is 38.1 Å². The zero-order chi connectivity index (χ0) is 22.8. The zero-order valence-electron chi connectivity index (χ0n) is 18.6. The Labute approximate surface area is 172 Å². The molecule has 0 spiro atoms. The van der Waals surface area contributed by atoms with E-state index in [4.69, 9.17) is 18.9 Å². The molecular weight excluding hydrogens is 380 g/mol. The molecule has 0 aliphatic heterocycles. The van der Waals surface area contributed by atoms with Crippen molar-refractivity contribution in [2.75, 3.05) is 13.2 Å². The van der Waals surface area contributed by atoms with Crippen molar-refractivity contribution in [2.24, 2.45) is 5.92 Å². The highest BCUT2D eigenvalue weighted by atomic mass is 16.6. The molecule has 0 aromatic rings. The van der Waals surface area contributed by atoms with Gasteiger partial charge in [-0.2, -0.15) is 0 Å². The summed E-state index contributed by atoms with van der Waals surface area (Å²) in [5.41, 5.74) is -1.25. The second-order valence-electron chi connectivity index (χ2n) is 8.65. The van der Waals surface area contributed by atoms with Crippen LogP contribution in [-0.2, 0) is 38.1 Å². The fourth-order valence-electron chi connectivity index (χ4n) is 2.01. The lowest BCUT2D eigenvalue weighted by Crippen LogP contribution is -2.37. The second kappa shape index (κ2) is 11.6. The first-order valence-corrected chi connectivity index (χ1v) is 9.56. The van der Waals surface area contributed by atoms with Gasteiger partial charge in [0.2, 0.25) is 0 Å². The van der Waals surface area contributed by atoms with Gasteiger partial charge >= 0.3 is 23.9 Å². The van der Waals surface area contributed by atoms with Gasteiger partial charge in [-0.1, -0.05) is 6.58 Å². The first-order valence-electron chi connectivity index (χ1n) is 9.56. The molecule has 0 amide bonds. The molecule has 0 atom stereocenters. The number of carbonyl (C=O) groups excluding carboxylic acids is 4. The number of carbonyl (C=O) groups is 4. The van der Waals surface area contributed by atoms with E-state index in [2.05, 4.69) is 6.58 Å². The van der Waals surface area contributed by atoms with Gasteiger partial charge in [-0.05, 0) is 61.3 Å². The minimum Gasteiger partial charge on any atom is -0.462 e. The van der Waals surface area contributed by atoms with Crippen LogP contribution < -0.4 is 0 Å². The van der Waals surface area contributed by atoms with E-state index in [0.717, 1.165) is 0 Å². The molecule has 0 rings (SSSR count). The average Bonchev–Trinajstić information content (AvgIpc) is 2.51. The summed E-state index contributed by atoms with van der Waals surface area (Å²) in [6.07, 6.45) is 0.313. The first-order chi connectivity index (χ1) is 13.1. The molecule has 8 heteroatoms. The van der Waals surface area contributed by atoms with Crippen molar-refractivity contribution in [3.63, 3.8) is 0 Å². The summed E-state index contributed by atoms with van der Waals surface area (Å²) < 4.78 is 20.4. The van der Waals surface area contributed by atoms with Crippen molar-refractivity contribution in [1.29, 1.82) is 0 Å². The normalized spacial score (nSPS) is 11.6. The molecule has 0 bridgehead atoms. The fourth-order valence-corrected chi connectivity index (χ4v) is 2.01. The molecule has 0 aromatic heterocycles. The standard InChI is InChI=1S/C21H34O8/c1-14(2)17(23)27-13-12-26-16(22)11-9-10-15(18(24)28-20(3,4)5)19(25)29-21(6,7)8/h15H,1,9-13H2,2-8H3. The molecule has 0 radical (unpaired) electrons. The van der Waals surface area contributed by atoms with Gasteiger partial charge in [0.25, 0.3) is 0 Å². The van der Waals surface area contributed by atoms with Crippen molar-refractivity contribution in [1.82, 2.24) is 0 Å². The Bertz CT molecular complexity index is 579. The molecule has 29 heavy (non-hydrogen) atoms. The molecule has 0 saturated heterocycles. The van der Waals surface area contributed by atoms with Gasteiger partial charge < -0.3 is 18.9 Å². The van der Waals surface area contributed by atoms with Crippen LogP contribution in [0.3, 0.4) is 0 Å². The minimum absolute atomic E-state index is 0.00344. The monoisotopic (exact) mass is 414 g/mol. The summed E-state index contributed by atoms with van der Waals surface area (Å²) in [7, 11) is 0. The van der Waals surface area contributed by atoms with Gasteiger partial charge in [0.15, 0.2) is 5.92 Å². The maximum atomic E-state index is 12.4. The predicted molar refractivity (Wildman–Crippen MR) is 106 cm³/mol. The quantitative estimate of drug-likeness (QED) is 0.176. The molecule has 0 unspecified atom stereocenters. The van der Waals surface area contributed by atoms with E-state index in [9.17, 15) is 19.2 Å². The highest BCUT2D eigenvalue weighted by Crippen LogP contribution is 2.20. The van der Waals surface area contributed by atoms with Crippen LogP contribution in [0.2, 0.25) is 0 Å². The predicted octanol–water partition coefficient (Wildman–Crippen LogP) is 3.12. The van der Waals surface area contributed by atoms with Crippen LogP contribution >= 0.6 is 0 Å². The summed E-state index contributed by atoms with van der Waals surface area (Å²) >= 11 is 0. The average molecular weight is 414 g/mol. The lowest BCUT2D eigenvalue weighted by molar-refractivity contribution is -0.175. The molecule has 166 valence electrons. The summed E-state index contributed by atoms with van der Waals surface area (Å²) in [6.45, 7) is 15.0. The van der Waals surface area contributed by atoms with Gasteiger partial charge in [0, 0.05) is 12.0 Å². The molecule has 0 aliphatic rings. The Balaban J connectivity index is 4.59. The third kappa shape index (κ3) is 13.4. The maximum absolute atomic E-state index is 12.4. The Morgan fingerprint density at radius 1 is 0.828 bits per heavy atom. The Morgan fingerprint density at radius 3 is 1.69 bits per heavy atom. The number of esters is 4. The van der Waals surface area contributed by atoms with Crippen LogP contribution in [0.15, 0.2) is 12.2 Å². The molecule has 0 N–H and O–H groups in total. The van der Waals surface area contributed by atoms with Crippen LogP contribution in [0.25, 0.3) is 0 Å². The van der Waals surface area contributed by atoms with Crippen LogP contribution in [0.4, 0.5) is 0 Å². The summed E-state index contributed by atoms with van der Waals surface area (Å²) in [5, 5.41) is 0. The largest absolute Gasteiger partial charge is 0.462 e. The lowest BCUT2D eigenvalue weighted by Gasteiger charge is -2.26. The fraction of sp³-hybridized carbons (Fsp3) is 0.714. The van der Waals surface area contributed by atoms with Crippen molar-refractivity contribution in [2.45, 2.75) is 78.9 Å². The third-order valence-electron chi connectivity index (χ3n) is 3.18. The SMILES string of the molecule is C=C(C)C(=O)OCCOC(=O)CCCC(C(=O)OC(C)(C)C)C(=O)OC(C)(C)C. The Morgan fingerprint density at radius 2 is 1.28 bits per heavy atom. The summed E-state index contributed by atoms with van der Waals surface area (Å²) in [4.78, 5) is 47.8. The highest BCUT2D eigenvalue weighted by Gasteiger charge is 2.34. The molecule has 8 nitrogen and oxygen atoms in total. The van der Waals surface area contributed by atoms with E-state index < -0.39 is 41.0 Å². The van der Waals surface area contributed by atoms with Crippen molar-refractivity contribution in [3.8, 4) is 0 Å². The van der Waals surface area contributed by atoms with E-state index in [-0.39, 0.29) is 38.0 Å². The number of rotatable bonds is 10. The van der Waals surface area contributed by atoms with E-state index in [1.165, 1.54) is 6.92 Å². The molecule has 0 aliphatic carbocycles. The van der Waals surface area contributed by atoms with Crippen molar-refractivity contribution >= 4 is 23.9 Å². The van der Waals surface area contributed by atoms with Crippen LogP contribution in [0.5, 0.6) is 0 Å². The lowest BCUT2D eigenvalue weighted by atomic mass is 10.0. The summed E-state index contributed by atoms with van der Waals surface area (Å²) in [5.74, 6) is -3.58. The number of ether oxygens (including phenoxy) is 4. The summed E-state index contributed by atoms with van der Waals surface area (Å²) in [6, 6.07) is 0. The number of hydrogen-bond donors (Lipinski definition) is 0. The highest BCUT2D eigenvalue weighted by molar-refractivity contribution is 5.95. The minimum atomic E-state index is -1.13. The van der Waals surface area contributed by atoms with Gasteiger partial charge in [-0.3, -0.25) is 14.4 Å². The molecule has 0 fully saturated rings. The van der Waals surface area contributed by atoms with E-state index in [0.29, 0.717) is 0 Å². The second-order valence-corrected chi connectivity index (χ2v) is 8.65. The maximum Gasteiger partial charge on any atom is 0.333 e. The van der Waals surface area contributed by atoms with Crippen LogP contribution in [0, 0.1) is 5.92 Å². The van der Waals surface area contributed by atoms with Gasteiger partial charge in [-0.15, -0.1) is 0 Å². The van der Waals surface area contributed by atoms with Gasteiger partial charge in [-0.25, -0.2) is 4.79 Å². The first kappa shape index (κ1) is 26.6. The van der Waals surface area contributed by atoms with E-state index >= 15 is 0 Å². The van der Waals surface area contributed by atoms with E-state index in [1.807, 2.05) is 0 Å². The van der Waals surface area contributed by atoms with Gasteiger partial charge in [0.1, 0.15) is 24.4 Å². The smallest absolute Gasteiger partial charge is 0.333 e. The van der Waals surface area contributed by atoms with Crippen LogP contribution in [0.1, 0.15) is 67.7 Å². The van der Waals surface area contributed by atoms with Gasteiger partial charge in [0.05, 0.1) is 0 Å². The van der Waals surface area contributed by atoms with E-state index in [1.54, 1.807) is 41.5 Å². The molecular formula is C21H34O8. The Kier molecular flexibility index (Phi) is 10.6.